The van der Waals surface area contributed by atoms with E-state index in [2.05, 4.69) is 5.32 Å². The number of nitrogens with one attached hydrogen (secondary N) is 1. The minimum atomic E-state index is -0.501. The van der Waals surface area contributed by atoms with Gasteiger partial charge in [0, 0.05) is 14.9 Å². The second-order valence-electron chi connectivity index (χ2n) is 7.25. The first-order chi connectivity index (χ1) is 15.9. The number of hydrogen-bond acceptors (Lipinski definition) is 5. The zero-order valence-electron chi connectivity index (χ0n) is 17.9. The summed E-state index contributed by atoms with van der Waals surface area (Å²) in [5, 5.41) is 3.80. The van der Waals surface area contributed by atoms with E-state index < -0.39 is 11.8 Å². The van der Waals surface area contributed by atoms with Gasteiger partial charge < -0.3 is 10.1 Å². The van der Waals surface area contributed by atoms with Gasteiger partial charge in [0.15, 0.2) is 0 Å². The number of aryl methyl sites for hydroxylation is 1. The van der Waals surface area contributed by atoms with E-state index in [9.17, 15) is 9.59 Å². The van der Waals surface area contributed by atoms with Crippen molar-refractivity contribution in [3.63, 3.8) is 0 Å². The minimum absolute atomic E-state index is 0.161. The molecule has 3 aromatic rings. The molecule has 1 aliphatic rings. The molecule has 0 atom stereocenters. The van der Waals surface area contributed by atoms with E-state index in [0.717, 1.165) is 15.4 Å². The van der Waals surface area contributed by atoms with Crippen LogP contribution in [0.25, 0.3) is 0 Å². The first-order valence-electron chi connectivity index (χ1n) is 10.2. The fourth-order valence-electron chi connectivity index (χ4n) is 3.33. The molecule has 0 bridgehead atoms. The van der Waals surface area contributed by atoms with Crippen LogP contribution in [-0.2, 0) is 9.59 Å². The summed E-state index contributed by atoms with van der Waals surface area (Å²) in [5.41, 5.74) is 2.15. The minimum Gasteiger partial charge on any atom is -0.492 e. The van der Waals surface area contributed by atoms with E-state index in [4.69, 9.17) is 27.9 Å². The lowest BCUT2D eigenvalue weighted by molar-refractivity contribution is -0.120. The van der Waals surface area contributed by atoms with Crippen molar-refractivity contribution < 1.29 is 14.3 Å². The molecule has 1 aliphatic heterocycles. The van der Waals surface area contributed by atoms with Crippen molar-refractivity contribution in [3.05, 3.63) is 92.9 Å². The van der Waals surface area contributed by atoms with Gasteiger partial charge in [0.25, 0.3) is 11.8 Å². The molecule has 0 radical (unpaired) electrons. The molecule has 33 heavy (non-hydrogen) atoms. The molecule has 3 aromatic carbocycles. The molecule has 0 aliphatic carbocycles. The number of amides is 2. The molecule has 0 unspecified atom stereocenters. The van der Waals surface area contributed by atoms with Gasteiger partial charge in [-0.05, 0) is 56.3 Å². The van der Waals surface area contributed by atoms with Crippen LogP contribution in [0.5, 0.6) is 5.75 Å². The van der Waals surface area contributed by atoms with Gasteiger partial charge in [-0.2, -0.15) is 0 Å². The molecule has 1 N–H and O–H groups in total. The molecule has 1 heterocycles. The highest BCUT2D eigenvalue weighted by Gasteiger charge is 2.40. The van der Waals surface area contributed by atoms with Crippen LogP contribution in [0.3, 0.4) is 0 Å². The van der Waals surface area contributed by atoms with Gasteiger partial charge >= 0.3 is 0 Å². The van der Waals surface area contributed by atoms with Gasteiger partial charge in [0.2, 0.25) is 0 Å². The molecule has 2 amide bonds. The number of carbonyl (C=O) groups is 2. The quantitative estimate of drug-likeness (QED) is 0.367. The Labute approximate surface area is 206 Å². The summed E-state index contributed by atoms with van der Waals surface area (Å²) in [6.07, 6.45) is 0. The number of ether oxygens (including phenoxy) is 1. The molecule has 4 rings (SSSR count). The normalized spacial score (nSPS) is 13.6. The Morgan fingerprint density at radius 3 is 2.27 bits per heavy atom. The van der Waals surface area contributed by atoms with Crippen LogP contribution in [0, 0.1) is 6.92 Å². The van der Waals surface area contributed by atoms with E-state index >= 15 is 0 Å². The molecule has 5 nitrogen and oxygen atoms in total. The first-order valence-corrected chi connectivity index (χ1v) is 11.8. The summed E-state index contributed by atoms with van der Waals surface area (Å²) in [4.78, 5) is 29.2. The molecular weight excluding hydrogens is 479 g/mol. The zero-order valence-corrected chi connectivity index (χ0v) is 20.2. The number of imide groups is 1. The third-order valence-corrected chi connectivity index (χ3v) is 6.36. The number of benzene rings is 3. The molecule has 0 spiro atoms. The summed E-state index contributed by atoms with van der Waals surface area (Å²) in [6, 6.07) is 19.6. The maximum Gasteiger partial charge on any atom is 0.283 e. The maximum absolute atomic E-state index is 13.5. The van der Waals surface area contributed by atoms with Gasteiger partial charge in [-0.1, -0.05) is 64.8 Å². The second-order valence-corrected chi connectivity index (χ2v) is 9.20. The largest absolute Gasteiger partial charge is 0.492 e. The Bertz CT molecular complexity index is 1240. The van der Waals surface area contributed by atoms with E-state index in [0.29, 0.717) is 33.8 Å². The van der Waals surface area contributed by atoms with E-state index in [1.807, 2.05) is 50.2 Å². The summed E-state index contributed by atoms with van der Waals surface area (Å²) >= 11 is 13.5. The third-order valence-electron chi connectivity index (χ3n) is 4.83. The molecule has 0 saturated carbocycles. The number of rotatable bonds is 7. The summed E-state index contributed by atoms with van der Waals surface area (Å²) in [6.45, 7) is 4.33. The number of halogens is 2. The highest BCUT2D eigenvalue weighted by Crippen LogP contribution is 2.40. The smallest absolute Gasteiger partial charge is 0.283 e. The number of para-hydroxylation sites is 2. The van der Waals surface area contributed by atoms with Gasteiger partial charge in [-0.3, -0.25) is 9.59 Å². The predicted molar refractivity (Wildman–Crippen MR) is 134 cm³/mol. The lowest BCUT2D eigenvalue weighted by Crippen LogP contribution is -2.32. The van der Waals surface area contributed by atoms with Crippen LogP contribution in [0.2, 0.25) is 10.0 Å². The first kappa shape index (κ1) is 23.2. The second kappa shape index (κ2) is 9.91. The van der Waals surface area contributed by atoms with Crippen molar-refractivity contribution in [1.82, 2.24) is 0 Å². The highest BCUT2D eigenvalue weighted by atomic mass is 35.5. The topological polar surface area (TPSA) is 58.6 Å². The van der Waals surface area contributed by atoms with E-state index in [1.165, 1.54) is 23.9 Å². The summed E-state index contributed by atoms with van der Waals surface area (Å²) in [5.74, 6) is -0.378. The number of carbonyl (C=O) groups excluding carboxylic acids is 2. The van der Waals surface area contributed by atoms with Gasteiger partial charge in [-0.25, -0.2) is 4.90 Å². The monoisotopic (exact) mass is 498 g/mol. The Morgan fingerprint density at radius 1 is 0.939 bits per heavy atom. The zero-order chi connectivity index (χ0) is 23.5. The van der Waals surface area contributed by atoms with Crippen LogP contribution < -0.4 is 15.0 Å². The number of anilines is 2. The van der Waals surface area contributed by atoms with Crippen molar-refractivity contribution in [1.29, 1.82) is 0 Å². The van der Waals surface area contributed by atoms with Crippen LogP contribution >= 0.6 is 35.0 Å². The van der Waals surface area contributed by atoms with Crippen molar-refractivity contribution in [2.45, 2.75) is 18.7 Å². The molecule has 0 fully saturated rings. The lowest BCUT2D eigenvalue weighted by Gasteiger charge is -2.16. The third kappa shape index (κ3) is 5.03. The van der Waals surface area contributed by atoms with Crippen molar-refractivity contribution in [3.8, 4) is 5.75 Å². The van der Waals surface area contributed by atoms with Gasteiger partial charge in [0.1, 0.15) is 16.4 Å². The highest BCUT2D eigenvalue weighted by molar-refractivity contribution is 8.04. The standard InChI is InChI=1S/C25H20Cl2N2O3S/c1-3-32-21-7-5-4-6-20(21)28-22-23(33-19-10-8-15(2)9-11-19)25(31)29(24(22)30)18-13-16(26)12-17(27)14-18/h4-14,28H,3H2,1-2H3. The van der Waals surface area contributed by atoms with Crippen LogP contribution in [0.1, 0.15) is 12.5 Å². The van der Waals surface area contributed by atoms with Crippen LogP contribution in [0.4, 0.5) is 11.4 Å². The van der Waals surface area contributed by atoms with E-state index in [1.54, 1.807) is 18.2 Å². The van der Waals surface area contributed by atoms with Crippen molar-refractivity contribution >= 4 is 58.2 Å². The molecule has 168 valence electrons. The summed E-state index contributed by atoms with van der Waals surface area (Å²) < 4.78 is 5.68. The Balaban J connectivity index is 1.78. The van der Waals surface area contributed by atoms with Crippen molar-refractivity contribution in [2.24, 2.45) is 0 Å². The van der Waals surface area contributed by atoms with Crippen molar-refractivity contribution in [2.75, 3.05) is 16.8 Å². The van der Waals surface area contributed by atoms with Gasteiger partial charge in [0.05, 0.1) is 18.0 Å². The van der Waals surface area contributed by atoms with Crippen LogP contribution in [0.15, 0.2) is 82.2 Å². The maximum atomic E-state index is 13.5. The lowest BCUT2D eigenvalue weighted by atomic mass is 10.2. The Hall–Kier alpha value is -2.93. The average Bonchev–Trinajstić information content (AvgIpc) is 3.00. The average molecular weight is 499 g/mol. The Morgan fingerprint density at radius 2 is 1.61 bits per heavy atom. The number of thioether (sulfide) groups is 1. The SMILES string of the molecule is CCOc1ccccc1NC1=C(Sc2ccc(C)cc2)C(=O)N(c2cc(Cl)cc(Cl)c2)C1=O. The molecule has 8 heteroatoms. The van der Waals surface area contributed by atoms with Gasteiger partial charge in [-0.15, -0.1) is 0 Å². The Kier molecular flexibility index (Phi) is 6.98. The predicted octanol–water partition coefficient (Wildman–Crippen LogP) is 6.69. The number of nitrogens with zero attached hydrogens (tertiary/aromatic N) is 1. The van der Waals surface area contributed by atoms with E-state index in [-0.39, 0.29) is 10.6 Å². The van der Waals surface area contributed by atoms with Crippen LogP contribution in [-0.4, -0.2) is 18.4 Å². The fraction of sp³-hybridized carbons (Fsp3) is 0.120. The molecular formula is C25H20Cl2N2O3S. The fourth-order valence-corrected chi connectivity index (χ4v) is 4.77. The molecule has 0 saturated heterocycles. The summed E-state index contributed by atoms with van der Waals surface area (Å²) in [7, 11) is 0. The molecule has 0 aromatic heterocycles. The number of hydrogen-bond donors (Lipinski definition) is 1.